The quantitative estimate of drug-likeness (QED) is 0.510. The van der Waals surface area contributed by atoms with Crippen LogP contribution in [-0.4, -0.2) is 16.6 Å². The minimum Gasteiger partial charge on any atom is -0.459 e. The molecule has 1 aliphatic rings. The molecule has 5 nitrogen and oxygen atoms in total. The highest BCUT2D eigenvalue weighted by atomic mass is 35.5. The summed E-state index contributed by atoms with van der Waals surface area (Å²) in [6.07, 6.45) is 1.49. The van der Waals surface area contributed by atoms with Crippen molar-refractivity contribution in [1.82, 2.24) is 4.57 Å². The summed E-state index contributed by atoms with van der Waals surface area (Å²) >= 11 is 13.3. The van der Waals surface area contributed by atoms with Gasteiger partial charge in [0.05, 0.1) is 27.9 Å². The van der Waals surface area contributed by atoms with Crippen molar-refractivity contribution in [1.29, 1.82) is 0 Å². The molecule has 0 bridgehead atoms. The highest BCUT2D eigenvalue weighted by molar-refractivity contribution is 7.07. The zero-order chi connectivity index (χ0) is 23.0. The summed E-state index contributed by atoms with van der Waals surface area (Å²) < 4.78 is 7.55. The number of carbonyl (C=O) groups is 1. The van der Waals surface area contributed by atoms with E-state index in [2.05, 4.69) is 4.99 Å². The molecule has 1 unspecified atom stereocenters. The number of fused-ring (bicyclic) bond motifs is 1. The van der Waals surface area contributed by atoms with E-state index in [9.17, 15) is 9.59 Å². The molecule has 0 radical (unpaired) electrons. The number of thiazole rings is 1. The SMILES string of the molecule is CC1=C(C(=O)OC(C)C)C(c2ccc(Cl)cc2)n2c(s/c(=C\c3ccc(Cl)cc3)c2=O)=N1. The normalized spacial score (nSPS) is 16.2. The van der Waals surface area contributed by atoms with Crippen LogP contribution >= 0.6 is 34.5 Å². The van der Waals surface area contributed by atoms with E-state index in [0.717, 1.165) is 11.1 Å². The number of esters is 1. The first-order valence-electron chi connectivity index (χ1n) is 9.99. The van der Waals surface area contributed by atoms with Crippen molar-refractivity contribution in [2.75, 3.05) is 0 Å². The summed E-state index contributed by atoms with van der Waals surface area (Å²) in [6, 6.07) is 13.7. The molecule has 4 rings (SSSR count). The number of nitrogens with zero attached hydrogens (tertiary/aromatic N) is 2. The van der Waals surface area contributed by atoms with E-state index < -0.39 is 12.0 Å². The molecule has 2 aromatic carbocycles. The Hall–Kier alpha value is -2.67. The van der Waals surface area contributed by atoms with Crippen LogP contribution in [0.5, 0.6) is 0 Å². The third-order valence-electron chi connectivity index (χ3n) is 4.94. The third-order valence-corrected chi connectivity index (χ3v) is 6.42. The van der Waals surface area contributed by atoms with Gasteiger partial charge in [-0.15, -0.1) is 0 Å². The van der Waals surface area contributed by atoms with Crippen LogP contribution in [0.1, 0.15) is 37.9 Å². The molecule has 164 valence electrons. The lowest BCUT2D eigenvalue weighted by Gasteiger charge is -2.25. The van der Waals surface area contributed by atoms with E-state index in [1.54, 1.807) is 55.7 Å². The van der Waals surface area contributed by atoms with Crippen LogP contribution < -0.4 is 14.9 Å². The fourth-order valence-electron chi connectivity index (χ4n) is 3.53. The molecular formula is C24H20Cl2N2O3S. The van der Waals surface area contributed by atoms with E-state index in [-0.39, 0.29) is 11.7 Å². The summed E-state index contributed by atoms with van der Waals surface area (Å²) in [6.45, 7) is 5.33. The van der Waals surface area contributed by atoms with Crippen molar-refractivity contribution in [2.24, 2.45) is 4.99 Å². The van der Waals surface area contributed by atoms with E-state index in [4.69, 9.17) is 27.9 Å². The summed E-state index contributed by atoms with van der Waals surface area (Å²) in [5.41, 5.74) is 2.23. The van der Waals surface area contributed by atoms with E-state index in [1.165, 1.54) is 11.3 Å². The maximum atomic E-state index is 13.5. The van der Waals surface area contributed by atoms with Crippen LogP contribution in [0.2, 0.25) is 10.0 Å². The zero-order valence-electron chi connectivity index (χ0n) is 17.6. The van der Waals surface area contributed by atoms with Crippen molar-refractivity contribution >= 4 is 46.6 Å². The Balaban J connectivity index is 1.93. The first-order valence-corrected chi connectivity index (χ1v) is 11.6. The first-order chi connectivity index (χ1) is 15.2. The average molecular weight is 487 g/mol. The molecule has 0 fully saturated rings. The minimum atomic E-state index is -0.665. The van der Waals surface area contributed by atoms with Crippen LogP contribution in [0.4, 0.5) is 0 Å². The molecule has 0 amide bonds. The number of carbonyl (C=O) groups excluding carboxylic acids is 1. The van der Waals surface area contributed by atoms with E-state index in [1.807, 2.05) is 24.3 Å². The smallest absolute Gasteiger partial charge is 0.338 e. The number of halogens is 2. The van der Waals surface area contributed by atoms with Gasteiger partial charge in [0.2, 0.25) is 0 Å². The summed E-state index contributed by atoms with van der Waals surface area (Å²) in [4.78, 5) is 31.6. The van der Waals surface area contributed by atoms with Gasteiger partial charge in [-0.25, -0.2) is 9.79 Å². The maximum absolute atomic E-state index is 13.5. The number of ether oxygens (including phenoxy) is 1. The lowest BCUT2D eigenvalue weighted by Crippen LogP contribution is -2.40. The van der Waals surface area contributed by atoms with Gasteiger partial charge in [0.15, 0.2) is 4.80 Å². The van der Waals surface area contributed by atoms with E-state index in [0.29, 0.717) is 30.6 Å². The molecular weight excluding hydrogens is 467 g/mol. The lowest BCUT2D eigenvalue weighted by molar-refractivity contribution is -0.143. The number of hydrogen-bond acceptors (Lipinski definition) is 5. The molecule has 8 heteroatoms. The Labute approximate surface area is 198 Å². The Bertz CT molecular complexity index is 1380. The van der Waals surface area contributed by atoms with Crippen LogP contribution in [0, 0.1) is 0 Å². The Morgan fingerprint density at radius 2 is 1.69 bits per heavy atom. The van der Waals surface area contributed by atoms with Gasteiger partial charge in [-0.1, -0.05) is 58.8 Å². The standard InChI is InChI=1S/C24H20Cl2N2O3S/c1-13(2)31-23(30)20-14(3)27-24-28(21(20)16-6-10-18(26)11-7-16)22(29)19(32-24)12-15-4-8-17(25)9-5-15/h4-13,21H,1-3H3/b19-12-. The molecule has 3 aromatic rings. The second kappa shape index (κ2) is 9.06. The van der Waals surface area contributed by atoms with Crippen LogP contribution in [0.15, 0.2) is 69.6 Å². The fraction of sp³-hybridized carbons (Fsp3) is 0.208. The van der Waals surface area contributed by atoms with Gasteiger partial charge < -0.3 is 4.74 Å². The largest absolute Gasteiger partial charge is 0.459 e. The van der Waals surface area contributed by atoms with Crippen LogP contribution in [-0.2, 0) is 9.53 Å². The van der Waals surface area contributed by atoms with Crippen LogP contribution in [0.25, 0.3) is 6.08 Å². The predicted octanol–water partition coefficient (Wildman–Crippen LogP) is 4.49. The summed E-state index contributed by atoms with van der Waals surface area (Å²) in [5, 5.41) is 1.19. The Morgan fingerprint density at radius 1 is 1.09 bits per heavy atom. The van der Waals surface area contributed by atoms with Crippen molar-refractivity contribution in [3.63, 3.8) is 0 Å². The molecule has 1 aliphatic heterocycles. The van der Waals surface area contributed by atoms with Crippen molar-refractivity contribution in [3.05, 3.63) is 101 Å². The van der Waals surface area contributed by atoms with E-state index >= 15 is 0 Å². The summed E-state index contributed by atoms with van der Waals surface area (Å²) in [5.74, 6) is -0.492. The number of allylic oxidation sites excluding steroid dienone is 1. The van der Waals surface area contributed by atoms with Gasteiger partial charge in [0.25, 0.3) is 5.56 Å². The van der Waals surface area contributed by atoms with Gasteiger partial charge in [0, 0.05) is 10.0 Å². The molecule has 0 saturated carbocycles. The highest BCUT2D eigenvalue weighted by Gasteiger charge is 2.33. The van der Waals surface area contributed by atoms with Crippen molar-refractivity contribution in [3.8, 4) is 0 Å². The fourth-order valence-corrected chi connectivity index (χ4v) is 4.83. The number of aromatic nitrogens is 1. The molecule has 32 heavy (non-hydrogen) atoms. The third kappa shape index (κ3) is 4.44. The zero-order valence-corrected chi connectivity index (χ0v) is 20.0. The predicted molar refractivity (Wildman–Crippen MR) is 128 cm³/mol. The highest BCUT2D eigenvalue weighted by Crippen LogP contribution is 2.31. The topological polar surface area (TPSA) is 60.7 Å². The van der Waals surface area contributed by atoms with Crippen molar-refractivity contribution < 1.29 is 9.53 Å². The Morgan fingerprint density at radius 3 is 2.28 bits per heavy atom. The number of rotatable bonds is 4. The minimum absolute atomic E-state index is 0.231. The molecule has 0 saturated heterocycles. The van der Waals surface area contributed by atoms with Gasteiger partial charge in [0.1, 0.15) is 0 Å². The second-order valence-corrected chi connectivity index (χ2v) is 9.52. The Kier molecular flexibility index (Phi) is 6.38. The molecule has 0 N–H and O–H groups in total. The molecule has 1 atom stereocenters. The maximum Gasteiger partial charge on any atom is 0.338 e. The van der Waals surface area contributed by atoms with Crippen molar-refractivity contribution in [2.45, 2.75) is 32.9 Å². The van der Waals surface area contributed by atoms with Gasteiger partial charge in [-0.05, 0) is 62.2 Å². The molecule has 0 spiro atoms. The molecule has 2 heterocycles. The second-order valence-electron chi connectivity index (χ2n) is 7.64. The average Bonchev–Trinajstić information content (AvgIpc) is 3.03. The van der Waals surface area contributed by atoms with Crippen LogP contribution in [0.3, 0.4) is 0 Å². The number of benzene rings is 2. The summed E-state index contributed by atoms with van der Waals surface area (Å²) in [7, 11) is 0. The van der Waals surface area contributed by atoms with Gasteiger partial charge in [-0.2, -0.15) is 0 Å². The molecule has 1 aromatic heterocycles. The monoisotopic (exact) mass is 486 g/mol. The lowest BCUT2D eigenvalue weighted by atomic mass is 9.96. The number of hydrogen-bond donors (Lipinski definition) is 0. The van der Waals surface area contributed by atoms with Gasteiger partial charge in [-0.3, -0.25) is 9.36 Å². The first kappa shape index (κ1) is 22.5. The van der Waals surface area contributed by atoms with Gasteiger partial charge >= 0.3 is 5.97 Å². The molecule has 0 aliphatic carbocycles.